The second-order valence-corrected chi connectivity index (χ2v) is 6.28. The fourth-order valence-corrected chi connectivity index (χ4v) is 3.24. The van der Waals surface area contributed by atoms with Crippen LogP contribution in [0.4, 0.5) is 5.69 Å². The van der Waals surface area contributed by atoms with Crippen LogP contribution in [-0.2, 0) is 0 Å². The number of benzene rings is 2. The number of piperazine rings is 1. The molecule has 144 valence electrons. The zero-order chi connectivity index (χ0) is 19.2. The lowest BCUT2D eigenvalue weighted by Gasteiger charge is -2.36. The van der Waals surface area contributed by atoms with Gasteiger partial charge in [0.15, 0.2) is 11.5 Å². The third-order valence-electron chi connectivity index (χ3n) is 4.71. The fraction of sp³-hybridized carbons (Fsp3) is 0.381. The molecule has 1 aliphatic heterocycles. The van der Waals surface area contributed by atoms with Gasteiger partial charge in [-0.1, -0.05) is 0 Å². The van der Waals surface area contributed by atoms with Gasteiger partial charge >= 0.3 is 0 Å². The monoisotopic (exact) mass is 370 g/mol. The normalized spacial score (nSPS) is 14.0. The molecule has 0 unspecified atom stereocenters. The number of nitrogens with zero attached hydrogens (tertiary/aromatic N) is 2. The van der Waals surface area contributed by atoms with Crippen LogP contribution in [0.1, 0.15) is 17.3 Å². The van der Waals surface area contributed by atoms with Gasteiger partial charge in [0.05, 0.1) is 20.8 Å². The second-order valence-electron chi connectivity index (χ2n) is 6.28. The molecular weight excluding hydrogens is 344 g/mol. The zero-order valence-electron chi connectivity index (χ0n) is 16.1. The topological polar surface area (TPSA) is 51.2 Å². The quantitative estimate of drug-likeness (QED) is 0.782. The van der Waals surface area contributed by atoms with Crippen LogP contribution in [0, 0.1) is 0 Å². The summed E-state index contributed by atoms with van der Waals surface area (Å²) in [6.07, 6.45) is 0. The Balaban J connectivity index is 1.62. The third-order valence-corrected chi connectivity index (χ3v) is 4.71. The van der Waals surface area contributed by atoms with E-state index in [1.165, 1.54) is 0 Å². The maximum absolute atomic E-state index is 12.8. The molecule has 0 bridgehead atoms. The summed E-state index contributed by atoms with van der Waals surface area (Å²) in [5.41, 5.74) is 1.76. The maximum Gasteiger partial charge on any atom is 0.254 e. The molecule has 1 amide bonds. The van der Waals surface area contributed by atoms with Crippen molar-refractivity contribution in [3.8, 4) is 17.2 Å². The molecule has 0 atom stereocenters. The molecule has 2 aromatic rings. The van der Waals surface area contributed by atoms with E-state index in [1.54, 1.807) is 32.4 Å². The number of anilines is 1. The summed E-state index contributed by atoms with van der Waals surface area (Å²) >= 11 is 0. The van der Waals surface area contributed by atoms with Crippen molar-refractivity contribution in [2.45, 2.75) is 6.92 Å². The second kappa shape index (κ2) is 8.66. The zero-order valence-corrected chi connectivity index (χ0v) is 16.1. The van der Waals surface area contributed by atoms with Crippen LogP contribution in [0.25, 0.3) is 0 Å². The highest BCUT2D eigenvalue weighted by atomic mass is 16.5. The summed E-state index contributed by atoms with van der Waals surface area (Å²) in [5, 5.41) is 0. The summed E-state index contributed by atoms with van der Waals surface area (Å²) in [6.45, 7) is 5.60. The van der Waals surface area contributed by atoms with Crippen molar-refractivity contribution in [2.24, 2.45) is 0 Å². The lowest BCUT2D eigenvalue weighted by atomic mass is 10.1. The summed E-state index contributed by atoms with van der Waals surface area (Å²) in [7, 11) is 3.15. The van der Waals surface area contributed by atoms with E-state index < -0.39 is 0 Å². The van der Waals surface area contributed by atoms with E-state index in [0.717, 1.165) is 24.5 Å². The predicted molar refractivity (Wildman–Crippen MR) is 105 cm³/mol. The third kappa shape index (κ3) is 4.27. The molecule has 6 heteroatoms. The molecule has 1 aliphatic rings. The van der Waals surface area contributed by atoms with Crippen LogP contribution < -0.4 is 19.1 Å². The van der Waals surface area contributed by atoms with Gasteiger partial charge in [0.1, 0.15) is 5.75 Å². The van der Waals surface area contributed by atoms with Gasteiger partial charge in [-0.15, -0.1) is 0 Å². The average molecular weight is 370 g/mol. The number of hydrogen-bond donors (Lipinski definition) is 0. The number of hydrogen-bond acceptors (Lipinski definition) is 5. The van der Waals surface area contributed by atoms with E-state index in [4.69, 9.17) is 14.2 Å². The summed E-state index contributed by atoms with van der Waals surface area (Å²) in [6, 6.07) is 13.4. The highest BCUT2D eigenvalue weighted by Gasteiger charge is 2.23. The molecule has 0 saturated carbocycles. The first kappa shape index (κ1) is 18.9. The molecule has 2 aromatic carbocycles. The van der Waals surface area contributed by atoms with Crippen molar-refractivity contribution in [3.63, 3.8) is 0 Å². The highest BCUT2D eigenvalue weighted by molar-refractivity contribution is 5.95. The first-order valence-corrected chi connectivity index (χ1v) is 9.15. The average Bonchev–Trinajstić information content (AvgIpc) is 2.73. The van der Waals surface area contributed by atoms with E-state index in [0.29, 0.717) is 36.8 Å². The van der Waals surface area contributed by atoms with Gasteiger partial charge in [-0.3, -0.25) is 4.79 Å². The Bertz CT molecular complexity index is 768. The van der Waals surface area contributed by atoms with Crippen molar-refractivity contribution < 1.29 is 19.0 Å². The number of rotatable bonds is 6. The Kier molecular flexibility index (Phi) is 6.06. The van der Waals surface area contributed by atoms with Crippen LogP contribution in [0.3, 0.4) is 0 Å². The van der Waals surface area contributed by atoms with E-state index in [2.05, 4.69) is 17.0 Å². The van der Waals surface area contributed by atoms with Gasteiger partial charge < -0.3 is 24.0 Å². The highest BCUT2D eigenvalue weighted by Crippen LogP contribution is 2.28. The molecule has 1 saturated heterocycles. The van der Waals surface area contributed by atoms with Crippen molar-refractivity contribution >= 4 is 11.6 Å². The largest absolute Gasteiger partial charge is 0.494 e. The standard InChI is InChI=1S/C21H26N2O4/c1-4-27-18-8-6-17(7-9-18)22-11-13-23(14-12-22)21(24)16-5-10-19(25-2)20(15-16)26-3/h5-10,15H,4,11-14H2,1-3H3. The summed E-state index contributed by atoms with van der Waals surface area (Å²) in [4.78, 5) is 17.0. The number of carbonyl (C=O) groups is 1. The van der Waals surface area contributed by atoms with Gasteiger partial charge in [0, 0.05) is 37.4 Å². The fourth-order valence-electron chi connectivity index (χ4n) is 3.24. The van der Waals surface area contributed by atoms with E-state index in [1.807, 2.05) is 24.0 Å². The molecule has 0 spiro atoms. The van der Waals surface area contributed by atoms with Crippen molar-refractivity contribution in [2.75, 3.05) is 51.9 Å². The lowest BCUT2D eigenvalue weighted by molar-refractivity contribution is 0.0746. The van der Waals surface area contributed by atoms with Crippen molar-refractivity contribution in [1.29, 1.82) is 0 Å². The number of amides is 1. The first-order valence-electron chi connectivity index (χ1n) is 9.15. The smallest absolute Gasteiger partial charge is 0.254 e. The molecule has 0 N–H and O–H groups in total. The van der Waals surface area contributed by atoms with Gasteiger partial charge in [-0.05, 0) is 49.4 Å². The molecule has 0 aliphatic carbocycles. The van der Waals surface area contributed by atoms with Crippen LogP contribution in [0.15, 0.2) is 42.5 Å². The molecule has 3 rings (SSSR count). The number of methoxy groups -OCH3 is 2. The molecule has 6 nitrogen and oxygen atoms in total. The van der Waals surface area contributed by atoms with Gasteiger partial charge in [-0.25, -0.2) is 0 Å². The molecule has 0 radical (unpaired) electrons. The molecular formula is C21H26N2O4. The Labute approximate surface area is 160 Å². The van der Waals surface area contributed by atoms with Crippen LogP contribution in [0.2, 0.25) is 0 Å². The SMILES string of the molecule is CCOc1ccc(N2CCN(C(=O)c3ccc(OC)c(OC)c3)CC2)cc1. The van der Waals surface area contributed by atoms with Crippen LogP contribution in [-0.4, -0.2) is 57.8 Å². The molecule has 0 aromatic heterocycles. The minimum Gasteiger partial charge on any atom is -0.494 e. The summed E-state index contributed by atoms with van der Waals surface area (Å²) < 4.78 is 16.0. The van der Waals surface area contributed by atoms with Crippen LogP contribution >= 0.6 is 0 Å². The summed E-state index contributed by atoms with van der Waals surface area (Å²) in [5.74, 6) is 2.08. The maximum atomic E-state index is 12.8. The predicted octanol–water partition coefficient (Wildman–Crippen LogP) is 3.06. The van der Waals surface area contributed by atoms with Crippen LogP contribution in [0.5, 0.6) is 17.2 Å². The van der Waals surface area contributed by atoms with Crippen molar-refractivity contribution in [3.05, 3.63) is 48.0 Å². The van der Waals surface area contributed by atoms with Crippen molar-refractivity contribution in [1.82, 2.24) is 4.90 Å². The number of carbonyl (C=O) groups excluding carboxylic acids is 1. The molecule has 1 fully saturated rings. The van der Waals surface area contributed by atoms with Gasteiger partial charge in [0.2, 0.25) is 0 Å². The Morgan fingerprint density at radius 1 is 0.926 bits per heavy atom. The lowest BCUT2D eigenvalue weighted by Crippen LogP contribution is -2.48. The minimum atomic E-state index is 0.0160. The van der Waals surface area contributed by atoms with E-state index in [9.17, 15) is 4.79 Å². The number of ether oxygens (including phenoxy) is 3. The molecule has 27 heavy (non-hydrogen) atoms. The Hall–Kier alpha value is -2.89. The van der Waals surface area contributed by atoms with E-state index in [-0.39, 0.29) is 5.91 Å². The van der Waals surface area contributed by atoms with Gasteiger partial charge in [0.25, 0.3) is 5.91 Å². The first-order chi connectivity index (χ1) is 13.2. The molecule has 1 heterocycles. The Morgan fingerprint density at radius 3 is 2.19 bits per heavy atom. The minimum absolute atomic E-state index is 0.0160. The van der Waals surface area contributed by atoms with Gasteiger partial charge in [-0.2, -0.15) is 0 Å². The van der Waals surface area contributed by atoms with E-state index >= 15 is 0 Å². The Morgan fingerprint density at radius 2 is 1.59 bits per heavy atom.